The third-order valence-corrected chi connectivity index (χ3v) is 5.70. The second kappa shape index (κ2) is 9.00. The Morgan fingerprint density at radius 2 is 2.03 bits per heavy atom. The summed E-state index contributed by atoms with van der Waals surface area (Å²) >= 11 is 6.14. The molecule has 1 atom stereocenters. The fourth-order valence-corrected chi connectivity index (χ4v) is 3.75. The summed E-state index contributed by atoms with van der Waals surface area (Å²) in [5.74, 6) is 0.0446. The molecule has 0 saturated carbocycles. The summed E-state index contributed by atoms with van der Waals surface area (Å²) in [5, 5.41) is 11.8. The minimum Gasteiger partial charge on any atom is -0.497 e. The van der Waals surface area contributed by atoms with Gasteiger partial charge in [-0.15, -0.1) is 0 Å². The second-order valence-corrected chi connectivity index (χ2v) is 7.90. The first-order chi connectivity index (χ1) is 15.4. The highest BCUT2D eigenvalue weighted by Crippen LogP contribution is 2.25. The van der Waals surface area contributed by atoms with Gasteiger partial charge >= 0.3 is 0 Å². The molecule has 0 saturated heterocycles. The average Bonchev–Trinajstić information content (AvgIpc) is 3.37. The van der Waals surface area contributed by atoms with Gasteiger partial charge in [0.1, 0.15) is 11.6 Å². The van der Waals surface area contributed by atoms with Crippen LogP contribution in [-0.2, 0) is 16.2 Å². The number of halogens is 2. The Bertz CT molecular complexity index is 1190. The molecule has 1 aromatic heterocycles. The minimum absolute atomic E-state index is 0.303. The SMILES string of the molecule is COc1ccc(C2=NOC(C(=O)Nc3c(C)nn(Cc4ccc(F)cc4Cl)c3C)C2)cc1. The van der Waals surface area contributed by atoms with E-state index in [4.69, 9.17) is 21.2 Å². The van der Waals surface area contributed by atoms with Crippen molar-refractivity contribution in [3.63, 3.8) is 0 Å². The van der Waals surface area contributed by atoms with E-state index in [1.165, 1.54) is 12.1 Å². The summed E-state index contributed by atoms with van der Waals surface area (Å²) in [6.07, 6.45) is -0.379. The Morgan fingerprint density at radius 1 is 1.28 bits per heavy atom. The number of carbonyl (C=O) groups excluding carboxylic acids is 1. The number of rotatable bonds is 6. The van der Waals surface area contributed by atoms with E-state index in [1.54, 1.807) is 24.8 Å². The van der Waals surface area contributed by atoms with Gasteiger partial charge in [0, 0.05) is 11.4 Å². The molecular formula is C23H22ClFN4O3. The van der Waals surface area contributed by atoms with E-state index in [9.17, 15) is 9.18 Å². The monoisotopic (exact) mass is 456 g/mol. The van der Waals surface area contributed by atoms with E-state index in [0.29, 0.717) is 35.1 Å². The van der Waals surface area contributed by atoms with E-state index in [2.05, 4.69) is 15.6 Å². The van der Waals surface area contributed by atoms with Crippen LogP contribution in [0.2, 0.25) is 5.02 Å². The predicted molar refractivity (Wildman–Crippen MR) is 120 cm³/mol. The van der Waals surface area contributed by atoms with Crippen molar-refractivity contribution in [1.82, 2.24) is 9.78 Å². The smallest absolute Gasteiger partial charge is 0.268 e. The third kappa shape index (κ3) is 4.45. The number of nitrogens with zero attached hydrogens (tertiary/aromatic N) is 3. The Morgan fingerprint density at radius 3 is 2.72 bits per heavy atom. The molecule has 0 aliphatic carbocycles. The number of amides is 1. The Labute approximate surface area is 189 Å². The largest absolute Gasteiger partial charge is 0.497 e. The van der Waals surface area contributed by atoms with Gasteiger partial charge in [-0.3, -0.25) is 9.48 Å². The lowest BCUT2D eigenvalue weighted by atomic mass is 10.0. The van der Waals surface area contributed by atoms with Gasteiger partial charge in [0.2, 0.25) is 6.10 Å². The minimum atomic E-state index is -0.735. The average molecular weight is 457 g/mol. The Hall–Kier alpha value is -3.39. The predicted octanol–water partition coefficient (Wildman–Crippen LogP) is 4.48. The van der Waals surface area contributed by atoms with Crippen LogP contribution in [0, 0.1) is 19.7 Å². The van der Waals surface area contributed by atoms with E-state index in [-0.39, 0.29) is 5.91 Å². The molecule has 4 rings (SSSR count). The number of carbonyl (C=O) groups is 1. The molecule has 0 radical (unpaired) electrons. The second-order valence-electron chi connectivity index (χ2n) is 7.49. The highest BCUT2D eigenvalue weighted by Gasteiger charge is 2.30. The molecule has 1 N–H and O–H groups in total. The van der Waals surface area contributed by atoms with Crippen LogP contribution in [0.5, 0.6) is 5.75 Å². The van der Waals surface area contributed by atoms with Gasteiger partial charge in [-0.25, -0.2) is 4.39 Å². The highest BCUT2D eigenvalue weighted by molar-refractivity contribution is 6.31. The van der Waals surface area contributed by atoms with E-state index < -0.39 is 11.9 Å². The summed E-state index contributed by atoms with van der Waals surface area (Å²) in [4.78, 5) is 18.2. The van der Waals surface area contributed by atoms with Gasteiger partial charge in [-0.1, -0.05) is 22.8 Å². The standard InChI is InChI=1S/C23H22ClFN4O3/c1-13-22(14(2)29(27-13)12-16-4-7-17(25)10-19(16)24)26-23(30)21-11-20(28-32-21)15-5-8-18(31-3)9-6-15/h4-10,21H,11-12H2,1-3H3,(H,26,30). The number of methoxy groups -OCH3 is 1. The lowest BCUT2D eigenvalue weighted by Crippen LogP contribution is -2.28. The number of aromatic nitrogens is 2. The van der Waals surface area contributed by atoms with E-state index in [1.807, 2.05) is 31.2 Å². The van der Waals surface area contributed by atoms with Crippen molar-refractivity contribution in [2.45, 2.75) is 32.9 Å². The number of nitrogens with one attached hydrogen (secondary N) is 1. The van der Waals surface area contributed by atoms with E-state index in [0.717, 1.165) is 22.6 Å². The van der Waals surface area contributed by atoms with Crippen LogP contribution < -0.4 is 10.1 Å². The van der Waals surface area contributed by atoms with Crippen molar-refractivity contribution in [2.24, 2.45) is 5.16 Å². The summed E-state index contributed by atoms with van der Waals surface area (Å²) in [7, 11) is 1.60. The third-order valence-electron chi connectivity index (χ3n) is 5.35. The van der Waals surface area contributed by atoms with Gasteiger partial charge in [0.25, 0.3) is 5.91 Å². The molecule has 9 heteroatoms. The molecule has 0 bridgehead atoms. The molecule has 7 nitrogen and oxygen atoms in total. The lowest BCUT2D eigenvalue weighted by Gasteiger charge is -2.11. The van der Waals surface area contributed by atoms with Gasteiger partial charge < -0.3 is 14.9 Å². The molecule has 3 aromatic rings. The normalized spacial score (nSPS) is 15.3. The summed E-state index contributed by atoms with van der Waals surface area (Å²) in [5.41, 5.74) is 4.32. The molecule has 32 heavy (non-hydrogen) atoms. The molecular weight excluding hydrogens is 435 g/mol. The Balaban J connectivity index is 1.43. The van der Waals surface area contributed by atoms with Crippen LogP contribution in [0.3, 0.4) is 0 Å². The van der Waals surface area contributed by atoms with Crippen molar-refractivity contribution in [1.29, 1.82) is 0 Å². The maximum atomic E-state index is 13.3. The zero-order chi connectivity index (χ0) is 22.8. The van der Waals surface area contributed by atoms with Crippen LogP contribution in [0.25, 0.3) is 0 Å². The van der Waals surface area contributed by atoms with Crippen molar-refractivity contribution < 1.29 is 18.8 Å². The van der Waals surface area contributed by atoms with Crippen LogP contribution in [-0.4, -0.2) is 34.6 Å². The molecule has 2 heterocycles. The van der Waals surface area contributed by atoms with Gasteiger partial charge in [-0.05, 0) is 61.4 Å². The number of hydrogen-bond donors (Lipinski definition) is 1. The number of ether oxygens (including phenoxy) is 1. The van der Waals surface area contributed by atoms with Crippen molar-refractivity contribution >= 4 is 28.9 Å². The van der Waals surface area contributed by atoms with Crippen molar-refractivity contribution in [2.75, 3.05) is 12.4 Å². The first kappa shape index (κ1) is 21.8. The lowest BCUT2D eigenvalue weighted by molar-refractivity contribution is -0.125. The molecule has 0 fully saturated rings. The molecule has 0 spiro atoms. The summed E-state index contributed by atoms with van der Waals surface area (Å²) in [6.45, 7) is 4.01. The van der Waals surface area contributed by atoms with Gasteiger partial charge in [0.05, 0.1) is 36.4 Å². The van der Waals surface area contributed by atoms with Crippen LogP contribution in [0.1, 0.15) is 28.9 Å². The molecule has 166 valence electrons. The van der Waals surface area contributed by atoms with Crippen molar-refractivity contribution in [3.05, 3.63) is 75.8 Å². The maximum absolute atomic E-state index is 13.3. The maximum Gasteiger partial charge on any atom is 0.268 e. The van der Waals surface area contributed by atoms with Crippen LogP contribution >= 0.6 is 11.6 Å². The van der Waals surface area contributed by atoms with Gasteiger partial charge in [-0.2, -0.15) is 5.10 Å². The molecule has 1 amide bonds. The molecule has 1 unspecified atom stereocenters. The Kier molecular flexibility index (Phi) is 6.14. The van der Waals surface area contributed by atoms with E-state index >= 15 is 0 Å². The number of hydrogen-bond acceptors (Lipinski definition) is 5. The number of oxime groups is 1. The zero-order valence-electron chi connectivity index (χ0n) is 17.9. The topological polar surface area (TPSA) is 77.7 Å². The number of anilines is 1. The summed E-state index contributed by atoms with van der Waals surface area (Å²) < 4.78 is 20.2. The first-order valence-electron chi connectivity index (χ1n) is 10.0. The number of aryl methyl sites for hydroxylation is 1. The fraction of sp³-hybridized carbons (Fsp3) is 0.261. The molecule has 2 aromatic carbocycles. The molecule has 1 aliphatic heterocycles. The first-order valence-corrected chi connectivity index (χ1v) is 10.4. The highest BCUT2D eigenvalue weighted by atomic mass is 35.5. The van der Waals surface area contributed by atoms with Crippen LogP contribution in [0.4, 0.5) is 10.1 Å². The fourth-order valence-electron chi connectivity index (χ4n) is 3.52. The summed E-state index contributed by atoms with van der Waals surface area (Å²) in [6, 6.07) is 11.7. The van der Waals surface area contributed by atoms with Crippen molar-refractivity contribution in [3.8, 4) is 5.75 Å². The number of benzene rings is 2. The van der Waals surface area contributed by atoms with Crippen LogP contribution in [0.15, 0.2) is 47.6 Å². The zero-order valence-corrected chi connectivity index (χ0v) is 18.6. The quantitative estimate of drug-likeness (QED) is 0.593. The van der Waals surface area contributed by atoms with Gasteiger partial charge in [0.15, 0.2) is 0 Å². The molecule has 1 aliphatic rings.